The smallest absolute Gasteiger partial charge is 0.317 e. The summed E-state index contributed by atoms with van der Waals surface area (Å²) in [5, 5.41) is 7.80. The van der Waals surface area contributed by atoms with Gasteiger partial charge in [0.05, 0.1) is 25.0 Å². The zero-order valence-electron chi connectivity index (χ0n) is 15.9. The summed E-state index contributed by atoms with van der Waals surface area (Å²) in [5.74, 6) is -1.85. The van der Waals surface area contributed by atoms with Gasteiger partial charge in [-0.2, -0.15) is 5.10 Å². The molecule has 1 aromatic heterocycles. The number of benzene rings is 2. The third kappa shape index (κ3) is 4.60. The van der Waals surface area contributed by atoms with Gasteiger partial charge in [-0.1, -0.05) is 17.7 Å². The molecule has 2 aromatic carbocycles. The highest BCUT2D eigenvalue weighted by Gasteiger charge is 2.26. The molecule has 1 aliphatic rings. The lowest BCUT2D eigenvalue weighted by molar-refractivity contribution is -0.0156. The van der Waals surface area contributed by atoms with E-state index in [4.69, 9.17) is 16.3 Å². The van der Waals surface area contributed by atoms with Gasteiger partial charge in [-0.15, -0.1) is 0 Å². The minimum absolute atomic E-state index is 0.251. The van der Waals surface area contributed by atoms with Crippen molar-refractivity contribution in [3.8, 4) is 5.69 Å². The molecule has 2 heterocycles. The molecule has 4 rings (SSSR count). The van der Waals surface area contributed by atoms with Crippen LogP contribution in [0.3, 0.4) is 0 Å². The molecule has 1 saturated heterocycles. The molecule has 1 N–H and O–H groups in total. The monoisotopic (exact) mass is 432 g/mol. The molecule has 30 heavy (non-hydrogen) atoms. The molecule has 0 saturated carbocycles. The number of hydrogen-bond acceptors (Lipinski definition) is 3. The Morgan fingerprint density at radius 3 is 2.77 bits per heavy atom. The number of halogens is 3. The van der Waals surface area contributed by atoms with Gasteiger partial charge in [0.15, 0.2) is 11.6 Å². The van der Waals surface area contributed by atoms with E-state index in [-0.39, 0.29) is 12.6 Å². The van der Waals surface area contributed by atoms with E-state index in [1.54, 1.807) is 27.9 Å². The summed E-state index contributed by atoms with van der Waals surface area (Å²) in [7, 11) is 0. The highest BCUT2D eigenvalue weighted by Crippen LogP contribution is 2.24. The largest absolute Gasteiger partial charge is 0.370 e. The van der Waals surface area contributed by atoms with Gasteiger partial charge in [0.25, 0.3) is 0 Å². The predicted molar refractivity (Wildman–Crippen MR) is 107 cm³/mol. The molecular weight excluding hydrogens is 414 g/mol. The van der Waals surface area contributed by atoms with E-state index in [1.165, 1.54) is 6.07 Å². The predicted octanol–water partition coefficient (Wildman–Crippen LogP) is 4.09. The molecule has 0 aliphatic carbocycles. The summed E-state index contributed by atoms with van der Waals surface area (Å²) in [6, 6.07) is 10.6. The first-order valence-corrected chi connectivity index (χ1v) is 9.76. The van der Waals surface area contributed by atoms with Crippen LogP contribution in [0, 0.1) is 11.6 Å². The Hall–Kier alpha value is -2.97. The number of ether oxygens (including phenoxy) is 1. The third-order valence-electron chi connectivity index (χ3n) is 4.84. The highest BCUT2D eigenvalue weighted by atomic mass is 35.5. The molecular formula is C21H19ClF2N4O2. The van der Waals surface area contributed by atoms with Gasteiger partial charge in [-0.3, -0.25) is 0 Å². The molecule has 3 aromatic rings. The Labute approximate surface area is 177 Å². The van der Waals surface area contributed by atoms with Crippen molar-refractivity contribution in [2.75, 3.05) is 19.7 Å². The Morgan fingerprint density at radius 1 is 1.20 bits per heavy atom. The summed E-state index contributed by atoms with van der Waals surface area (Å²) in [6.45, 7) is 1.28. The van der Waals surface area contributed by atoms with E-state index in [2.05, 4.69) is 10.4 Å². The normalized spacial score (nSPS) is 16.5. The Morgan fingerprint density at radius 2 is 2.00 bits per heavy atom. The number of carbonyl (C=O) groups excluding carboxylic acids is 1. The van der Waals surface area contributed by atoms with E-state index in [0.717, 1.165) is 23.4 Å². The van der Waals surface area contributed by atoms with Crippen LogP contribution in [0.5, 0.6) is 0 Å². The average molecular weight is 433 g/mol. The van der Waals surface area contributed by atoms with E-state index in [9.17, 15) is 13.6 Å². The fourth-order valence-corrected chi connectivity index (χ4v) is 3.35. The third-order valence-corrected chi connectivity index (χ3v) is 5.09. The number of rotatable bonds is 4. The number of morpholine rings is 1. The van der Waals surface area contributed by atoms with Crippen LogP contribution in [0.1, 0.15) is 17.2 Å². The van der Waals surface area contributed by atoms with Crippen LogP contribution in [0.25, 0.3) is 5.69 Å². The van der Waals surface area contributed by atoms with Crippen molar-refractivity contribution in [1.82, 2.24) is 20.0 Å². The van der Waals surface area contributed by atoms with Gasteiger partial charge in [0.2, 0.25) is 0 Å². The van der Waals surface area contributed by atoms with Crippen molar-refractivity contribution >= 4 is 17.6 Å². The van der Waals surface area contributed by atoms with Crippen molar-refractivity contribution in [2.45, 2.75) is 12.6 Å². The van der Waals surface area contributed by atoms with E-state index >= 15 is 0 Å². The van der Waals surface area contributed by atoms with Crippen molar-refractivity contribution < 1.29 is 18.3 Å². The van der Waals surface area contributed by atoms with Crippen LogP contribution < -0.4 is 5.32 Å². The lowest BCUT2D eigenvalue weighted by Gasteiger charge is -2.33. The van der Waals surface area contributed by atoms with Crippen LogP contribution in [0.4, 0.5) is 13.6 Å². The zero-order valence-corrected chi connectivity index (χ0v) is 16.6. The maximum atomic E-state index is 13.5. The Bertz CT molecular complexity index is 1040. The Balaban J connectivity index is 1.34. The number of nitrogens with zero attached hydrogens (tertiary/aromatic N) is 3. The summed E-state index contributed by atoms with van der Waals surface area (Å²) in [5.41, 5.74) is 2.19. The quantitative estimate of drug-likeness (QED) is 0.675. The van der Waals surface area contributed by atoms with Crippen LogP contribution in [-0.4, -0.2) is 40.4 Å². The molecule has 0 bridgehead atoms. The van der Waals surface area contributed by atoms with Crippen molar-refractivity contribution in [3.63, 3.8) is 0 Å². The second-order valence-corrected chi connectivity index (χ2v) is 7.34. The summed E-state index contributed by atoms with van der Waals surface area (Å²) in [4.78, 5) is 14.2. The molecule has 1 unspecified atom stereocenters. The fourth-order valence-electron chi connectivity index (χ4n) is 3.22. The molecule has 6 nitrogen and oxygen atoms in total. The SMILES string of the molecule is O=C(NCc1cnn(-c2ccc(Cl)cc2)c1)N1CCOC(c2ccc(F)c(F)c2)C1. The van der Waals surface area contributed by atoms with Crippen LogP contribution in [0.2, 0.25) is 5.02 Å². The van der Waals surface area contributed by atoms with Crippen molar-refractivity contribution in [3.05, 3.63) is 82.6 Å². The standard InChI is InChI=1S/C21H19ClF2N4O2/c22-16-2-4-17(5-3-16)28-12-14(11-26-28)10-25-21(29)27-7-8-30-20(13-27)15-1-6-18(23)19(24)9-15/h1-6,9,11-12,20H,7-8,10,13H2,(H,25,29). The number of amides is 2. The minimum Gasteiger partial charge on any atom is -0.370 e. The topological polar surface area (TPSA) is 59.4 Å². The van der Waals surface area contributed by atoms with Gasteiger partial charge in [0, 0.05) is 29.9 Å². The first-order chi connectivity index (χ1) is 14.5. The number of urea groups is 1. The van der Waals surface area contributed by atoms with Crippen molar-refractivity contribution in [2.24, 2.45) is 0 Å². The van der Waals surface area contributed by atoms with Crippen LogP contribution in [-0.2, 0) is 11.3 Å². The van der Waals surface area contributed by atoms with E-state index in [0.29, 0.717) is 30.3 Å². The average Bonchev–Trinajstić information content (AvgIpc) is 3.23. The van der Waals surface area contributed by atoms with Crippen LogP contribution >= 0.6 is 11.6 Å². The summed E-state index contributed by atoms with van der Waals surface area (Å²) >= 11 is 5.90. The molecule has 156 valence electrons. The number of nitrogens with one attached hydrogen (secondary N) is 1. The molecule has 2 amide bonds. The lowest BCUT2D eigenvalue weighted by Crippen LogP contribution is -2.46. The van der Waals surface area contributed by atoms with Crippen LogP contribution in [0.15, 0.2) is 54.9 Å². The maximum absolute atomic E-state index is 13.5. The first-order valence-electron chi connectivity index (χ1n) is 9.38. The highest BCUT2D eigenvalue weighted by molar-refractivity contribution is 6.30. The maximum Gasteiger partial charge on any atom is 0.317 e. The molecule has 1 fully saturated rings. The Kier molecular flexibility index (Phi) is 5.96. The second kappa shape index (κ2) is 8.81. The number of carbonyl (C=O) groups is 1. The molecule has 1 atom stereocenters. The summed E-state index contributed by atoms with van der Waals surface area (Å²) in [6.07, 6.45) is 3.00. The van der Waals surface area contributed by atoms with Gasteiger partial charge in [-0.05, 0) is 42.0 Å². The molecule has 9 heteroatoms. The summed E-state index contributed by atoms with van der Waals surface area (Å²) < 4.78 is 34.0. The zero-order chi connectivity index (χ0) is 21.1. The number of hydrogen-bond donors (Lipinski definition) is 1. The molecule has 0 radical (unpaired) electrons. The van der Waals surface area contributed by atoms with Gasteiger partial charge < -0.3 is 15.0 Å². The first kappa shape index (κ1) is 20.3. The second-order valence-electron chi connectivity index (χ2n) is 6.91. The molecule has 1 aliphatic heterocycles. The van der Waals surface area contributed by atoms with Gasteiger partial charge in [-0.25, -0.2) is 18.3 Å². The van der Waals surface area contributed by atoms with E-state index < -0.39 is 17.7 Å². The number of aromatic nitrogens is 2. The van der Waals surface area contributed by atoms with Gasteiger partial charge in [0.1, 0.15) is 6.10 Å². The molecule has 0 spiro atoms. The lowest BCUT2D eigenvalue weighted by atomic mass is 10.1. The minimum atomic E-state index is -0.935. The fraction of sp³-hybridized carbons (Fsp3) is 0.238. The van der Waals surface area contributed by atoms with E-state index in [1.807, 2.05) is 18.3 Å². The van der Waals surface area contributed by atoms with Gasteiger partial charge >= 0.3 is 6.03 Å². The van der Waals surface area contributed by atoms with Crippen molar-refractivity contribution in [1.29, 1.82) is 0 Å².